The molecule has 1 aromatic rings. The molecule has 5 nitrogen and oxygen atoms in total. The fourth-order valence-corrected chi connectivity index (χ4v) is 0.859. The minimum absolute atomic E-state index is 0.280. The predicted molar refractivity (Wildman–Crippen MR) is 51.9 cm³/mol. The lowest BCUT2D eigenvalue weighted by atomic mass is 10.2. The summed E-state index contributed by atoms with van der Waals surface area (Å²) in [4.78, 5) is 15.7. The van der Waals surface area contributed by atoms with Crippen molar-refractivity contribution in [2.45, 2.75) is 6.92 Å². The Bertz CT molecular complexity index is 367. The van der Waals surface area contributed by atoms with Crippen molar-refractivity contribution in [3.05, 3.63) is 29.8 Å². The van der Waals surface area contributed by atoms with Crippen LogP contribution in [0.15, 0.2) is 24.3 Å². The Hall–Kier alpha value is -2.22. The first kappa shape index (κ1) is 10.9. The van der Waals surface area contributed by atoms with E-state index in [2.05, 4.69) is 10.2 Å². The number of hydrogen-bond acceptors (Lipinski definition) is 4. The number of carbonyl (C=O) groups is 1. The molecular formula is C10H10N2O3. The predicted octanol–water partition coefficient (Wildman–Crippen LogP) is 1.60. The second-order valence-electron chi connectivity index (χ2n) is 2.56. The maximum absolute atomic E-state index is 10.8. The first-order valence-electron chi connectivity index (χ1n) is 4.36. The van der Waals surface area contributed by atoms with Gasteiger partial charge in [0.15, 0.2) is 5.75 Å². The molecule has 78 valence electrons. The van der Waals surface area contributed by atoms with Gasteiger partial charge in [0.05, 0.1) is 18.2 Å². The van der Waals surface area contributed by atoms with E-state index < -0.39 is 6.09 Å². The van der Waals surface area contributed by atoms with Gasteiger partial charge in [-0.3, -0.25) is 0 Å². The van der Waals surface area contributed by atoms with Gasteiger partial charge in [-0.05, 0) is 31.2 Å². The Labute approximate surface area is 87.2 Å². The second-order valence-corrected chi connectivity index (χ2v) is 2.56. The van der Waals surface area contributed by atoms with Crippen LogP contribution in [0.1, 0.15) is 12.5 Å². The van der Waals surface area contributed by atoms with Gasteiger partial charge in [-0.2, -0.15) is 10.7 Å². The molecule has 0 atom stereocenters. The maximum atomic E-state index is 10.8. The van der Waals surface area contributed by atoms with Crippen LogP contribution in [0.5, 0.6) is 5.75 Å². The largest absolute Gasteiger partial charge is 0.448 e. The molecule has 0 heterocycles. The summed E-state index contributed by atoms with van der Waals surface area (Å²) in [7, 11) is 0. The van der Waals surface area contributed by atoms with Gasteiger partial charge in [-0.15, -0.1) is 0 Å². The van der Waals surface area contributed by atoms with Crippen LogP contribution in [0.2, 0.25) is 0 Å². The van der Waals surface area contributed by atoms with Crippen molar-refractivity contribution in [1.29, 1.82) is 5.26 Å². The third kappa shape index (κ3) is 3.56. The first-order chi connectivity index (χ1) is 7.26. The molecule has 0 radical (unpaired) electrons. The van der Waals surface area contributed by atoms with Gasteiger partial charge < -0.3 is 9.57 Å². The van der Waals surface area contributed by atoms with Crippen LogP contribution >= 0.6 is 0 Å². The summed E-state index contributed by atoms with van der Waals surface area (Å²) in [5.41, 5.74) is 2.62. The quantitative estimate of drug-likeness (QED) is 0.762. The first-order valence-corrected chi connectivity index (χ1v) is 4.36. The molecule has 0 fully saturated rings. The van der Waals surface area contributed by atoms with E-state index in [0.29, 0.717) is 11.3 Å². The molecule has 0 bridgehead atoms. The summed E-state index contributed by atoms with van der Waals surface area (Å²) in [6.07, 6.45) is -0.651. The Morgan fingerprint density at radius 2 is 2.13 bits per heavy atom. The number of nitriles is 1. The molecule has 1 rings (SSSR count). The normalized spacial score (nSPS) is 8.80. The van der Waals surface area contributed by atoms with E-state index >= 15 is 0 Å². The topological polar surface area (TPSA) is 71.3 Å². The number of amides is 1. The average molecular weight is 206 g/mol. The van der Waals surface area contributed by atoms with Gasteiger partial charge in [0, 0.05) is 0 Å². The Kier molecular flexibility index (Phi) is 3.98. The SMILES string of the molecule is CCOC(=O)NOc1ccc(C#N)cc1. The number of nitrogens with zero attached hydrogens (tertiary/aromatic N) is 1. The third-order valence-electron chi connectivity index (χ3n) is 1.51. The van der Waals surface area contributed by atoms with E-state index in [1.807, 2.05) is 6.07 Å². The van der Waals surface area contributed by atoms with Crippen LogP contribution in [0, 0.1) is 11.3 Å². The van der Waals surface area contributed by atoms with Crippen molar-refractivity contribution in [2.24, 2.45) is 0 Å². The molecule has 1 N–H and O–H groups in total. The molecule has 1 aromatic carbocycles. The fraction of sp³-hybridized carbons (Fsp3) is 0.200. The molecule has 5 heteroatoms. The fourth-order valence-electron chi connectivity index (χ4n) is 0.859. The van der Waals surface area contributed by atoms with E-state index in [9.17, 15) is 4.79 Å². The van der Waals surface area contributed by atoms with Crippen molar-refractivity contribution in [1.82, 2.24) is 5.48 Å². The molecule has 0 unspecified atom stereocenters. The van der Waals surface area contributed by atoms with E-state index in [4.69, 9.17) is 10.1 Å². The van der Waals surface area contributed by atoms with Crippen LogP contribution in [0.3, 0.4) is 0 Å². The summed E-state index contributed by atoms with van der Waals surface area (Å²) in [6.45, 7) is 1.98. The highest BCUT2D eigenvalue weighted by Crippen LogP contribution is 2.10. The summed E-state index contributed by atoms with van der Waals surface area (Å²) in [5, 5.41) is 8.54. The molecule has 0 aliphatic rings. The minimum atomic E-state index is -0.651. The highest BCUT2D eigenvalue weighted by atomic mass is 16.7. The summed E-state index contributed by atoms with van der Waals surface area (Å²) >= 11 is 0. The number of nitrogens with one attached hydrogen (secondary N) is 1. The van der Waals surface area contributed by atoms with E-state index in [1.54, 1.807) is 31.2 Å². The lowest BCUT2D eigenvalue weighted by molar-refractivity contribution is 0.104. The molecule has 0 aromatic heterocycles. The van der Waals surface area contributed by atoms with Crippen molar-refractivity contribution < 1.29 is 14.4 Å². The maximum Gasteiger partial charge on any atom is 0.440 e. The van der Waals surface area contributed by atoms with Gasteiger partial charge in [-0.1, -0.05) is 0 Å². The zero-order chi connectivity index (χ0) is 11.1. The van der Waals surface area contributed by atoms with Gasteiger partial charge in [0.25, 0.3) is 0 Å². The number of benzene rings is 1. The van der Waals surface area contributed by atoms with E-state index in [1.165, 1.54) is 0 Å². The molecular weight excluding hydrogens is 196 g/mol. The lowest BCUT2D eigenvalue weighted by Gasteiger charge is -2.06. The lowest BCUT2D eigenvalue weighted by Crippen LogP contribution is -2.27. The summed E-state index contributed by atoms with van der Waals surface area (Å²) < 4.78 is 4.58. The van der Waals surface area contributed by atoms with Gasteiger partial charge in [0.2, 0.25) is 0 Å². The van der Waals surface area contributed by atoms with Crippen molar-refractivity contribution in [3.63, 3.8) is 0 Å². The monoisotopic (exact) mass is 206 g/mol. The van der Waals surface area contributed by atoms with Gasteiger partial charge in [0.1, 0.15) is 0 Å². The van der Waals surface area contributed by atoms with Crippen LogP contribution in [-0.4, -0.2) is 12.7 Å². The number of ether oxygens (including phenoxy) is 1. The number of hydroxylamine groups is 1. The molecule has 0 saturated carbocycles. The minimum Gasteiger partial charge on any atom is -0.448 e. The zero-order valence-corrected chi connectivity index (χ0v) is 8.19. The molecule has 0 saturated heterocycles. The standard InChI is InChI=1S/C10H10N2O3/c1-2-14-10(13)12-15-9-5-3-8(7-11)4-6-9/h3-6H,2H2,1H3,(H,12,13). The molecule has 15 heavy (non-hydrogen) atoms. The van der Waals surface area contributed by atoms with Crippen molar-refractivity contribution in [3.8, 4) is 11.8 Å². The highest BCUT2D eigenvalue weighted by Gasteiger charge is 2.00. The van der Waals surface area contributed by atoms with Gasteiger partial charge in [-0.25, -0.2) is 4.79 Å². The van der Waals surface area contributed by atoms with Crippen molar-refractivity contribution in [2.75, 3.05) is 6.61 Å². The summed E-state index contributed by atoms with van der Waals surface area (Å²) in [6, 6.07) is 8.29. The smallest absolute Gasteiger partial charge is 0.440 e. The van der Waals surface area contributed by atoms with Crippen molar-refractivity contribution >= 4 is 6.09 Å². The molecule has 1 amide bonds. The van der Waals surface area contributed by atoms with Crippen LogP contribution in [0.4, 0.5) is 4.79 Å². The molecule has 0 spiro atoms. The number of rotatable bonds is 3. The zero-order valence-electron chi connectivity index (χ0n) is 8.19. The average Bonchev–Trinajstić information content (AvgIpc) is 2.27. The Morgan fingerprint density at radius 1 is 1.47 bits per heavy atom. The molecule has 0 aliphatic carbocycles. The second kappa shape index (κ2) is 5.50. The van der Waals surface area contributed by atoms with E-state index in [-0.39, 0.29) is 6.61 Å². The van der Waals surface area contributed by atoms with Crippen LogP contribution < -0.4 is 10.3 Å². The third-order valence-corrected chi connectivity index (χ3v) is 1.51. The van der Waals surface area contributed by atoms with Crippen LogP contribution in [-0.2, 0) is 4.74 Å². The van der Waals surface area contributed by atoms with E-state index in [0.717, 1.165) is 0 Å². The Morgan fingerprint density at radius 3 is 2.67 bits per heavy atom. The van der Waals surface area contributed by atoms with Crippen LogP contribution in [0.25, 0.3) is 0 Å². The number of hydrogen-bond donors (Lipinski definition) is 1. The van der Waals surface area contributed by atoms with Gasteiger partial charge >= 0.3 is 6.09 Å². The number of carbonyl (C=O) groups excluding carboxylic acids is 1. The summed E-state index contributed by atoms with van der Waals surface area (Å²) in [5.74, 6) is 0.432. The highest BCUT2D eigenvalue weighted by molar-refractivity contribution is 5.66. The molecule has 0 aliphatic heterocycles. The Balaban J connectivity index is 2.45.